The molecule has 0 unspecified atom stereocenters. The van der Waals surface area contributed by atoms with Gasteiger partial charge in [-0.15, -0.1) is 0 Å². The molecule has 0 bridgehead atoms. The molecular weight excluding hydrogens is 813 g/mol. The Bertz CT molecular complexity index is 3920. The van der Waals surface area contributed by atoms with Gasteiger partial charge in [0.1, 0.15) is 44.7 Å². The first kappa shape index (κ1) is 36.1. The van der Waals surface area contributed by atoms with E-state index in [1.807, 2.05) is 24.3 Å². The largest absolute Gasteiger partial charge is 0.455 e. The highest BCUT2D eigenvalue weighted by molar-refractivity contribution is 7.21. The highest BCUT2D eigenvalue weighted by Crippen LogP contribution is 2.43. The zero-order valence-electron chi connectivity index (χ0n) is 34.9. The maximum Gasteiger partial charge on any atom is 0.188 e. The van der Waals surface area contributed by atoms with Gasteiger partial charge in [0.25, 0.3) is 0 Å². The van der Waals surface area contributed by atoms with Gasteiger partial charge in [0.2, 0.25) is 0 Å². The zero-order chi connectivity index (χ0) is 42.6. The van der Waals surface area contributed by atoms with Crippen LogP contribution in [-0.4, -0.2) is 8.07 Å². The first-order valence-electron chi connectivity index (χ1n) is 22.1. The van der Waals surface area contributed by atoms with Gasteiger partial charge in [-0.05, 0) is 32.9 Å². The molecule has 5 heteroatoms. The number of hydrogen-bond donors (Lipinski definition) is 0. The van der Waals surface area contributed by atoms with Crippen LogP contribution in [-0.2, 0) is 0 Å². The van der Waals surface area contributed by atoms with Crippen LogP contribution in [0.4, 0.5) is 0 Å². The van der Waals surface area contributed by atoms with Crippen molar-refractivity contribution < 1.29 is 17.7 Å². The molecule has 14 aromatic rings. The molecule has 0 radical (unpaired) electrons. The molecule has 0 fully saturated rings. The van der Waals surface area contributed by atoms with Crippen LogP contribution in [0.1, 0.15) is 0 Å². The van der Waals surface area contributed by atoms with Crippen molar-refractivity contribution in [1.82, 2.24) is 0 Å². The molecule has 0 saturated carbocycles. The van der Waals surface area contributed by atoms with Gasteiger partial charge in [-0.1, -0.05) is 206 Å². The monoisotopic (exact) mass is 848 g/mol. The maximum absolute atomic E-state index is 7.43. The molecule has 0 amide bonds. The summed E-state index contributed by atoms with van der Waals surface area (Å²) < 4.78 is 28.1. The van der Waals surface area contributed by atoms with Gasteiger partial charge in [0.15, 0.2) is 8.07 Å². The second kappa shape index (κ2) is 13.8. The first-order chi connectivity index (χ1) is 32.3. The van der Waals surface area contributed by atoms with E-state index in [1.165, 1.54) is 10.4 Å². The highest BCUT2D eigenvalue weighted by Gasteiger charge is 2.46. The van der Waals surface area contributed by atoms with Crippen molar-refractivity contribution in [2.45, 2.75) is 0 Å². The van der Waals surface area contributed by atoms with E-state index in [4.69, 9.17) is 17.7 Å². The van der Waals surface area contributed by atoms with Gasteiger partial charge in [0.05, 0.1) is 0 Å². The molecule has 4 heterocycles. The fourth-order valence-corrected chi connectivity index (χ4v) is 15.9. The number of furan rings is 4. The smallest absolute Gasteiger partial charge is 0.188 e. The van der Waals surface area contributed by atoms with E-state index in [1.54, 1.807) is 0 Å². The number of fused-ring (bicyclic) bond motifs is 12. The van der Waals surface area contributed by atoms with Crippen LogP contribution < -0.4 is 20.7 Å². The van der Waals surface area contributed by atoms with Gasteiger partial charge in [0, 0.05) is 65.3 Å². The van der Waals surface area contributed by atoms with Gasteiger partial charge < -0.3 is 17.7 Å². The summed E-state index contributed by atoms with van der Waals surface area (Å²) in [5, 5.41) is 13.4. The Morgan fingerprint density at radius 1 is 0.215 bits per heavy atom. The molecule has 0 atom stereocenters. The Morgan fingerprint density at radius 2 is 0.508 bits per heavy atom. The molecule has 10 aromatic carbocycles. The molecule has 14 rings (SSSR count). The summed E-state index contributed by atoms with van der Waals surface area (Å²) in [7, 11) is -3.30. The summed E-state index contributed by atoms with van der Waals surface area (Å²) in [6, 6.07) is 77.7. The predicted molar refractivity (Wildman–Crippen MR) is 270 cm³/mol. The van der Waals surface area contributed by atoms with Crippen molar-refractivity contribution in [3.63, 3.8) is 0 Å². The quantitative estimate of drug-likeness (QED) is 0.124. The van der Waals surface area contributed by atoms with E-state index in [0.717, 1.165) is 120 Å². The normalized spacial score (nSPS) is 12.3. The number of para-hydroxylation sites is 8. The zero-order valence-corrected chi connectivity index (χ0v) is 35.9. The Kier molecular flexibility index (Phi) is 7.68. The molecule has 0 aliphatic heterocycles. The van der Waals surface area contributed by atoms with Gasteiger partial charge >= 0.3 is 0 Å². The second-order valence-corrected chi connectivity index (χ2v) is 20.7. The van der Waals surface area contributed by atoms with Crippen LogP contribution in [0.2, 0.25) is 0 Å². The van der Waals surface area contributed by atoms with E-state index < -0.39 is 8.07 Å². The van der Waals surface area contributed by atoms with Crippen LogP contribution in [0.25, 0.3) is 110 Å². The van der Waals surface area contributed by atoms with E-state index in [9.17, 15) is 0 Å². The van der Waals surface area contributed by atoms with E-state index >= 15 is 0 Å². The third kappa shape index (κ3) is 5.07. The van der Waals surface area contributed by atoms with Gasteiger partial charge in [-0.25, -0.2) is 0 Å². The molecule has 0 aliphatic rings. The average molecular weight is 849 g/mol. The molecule has 65 heavy (non-hydrogen) atoms. The molecule has 0 N–H and O–H groups in total. The lowest BCUT2D eigenvalue weighted by molar-refractivity contribution is 0.665. The first-order valence-corrected chi connectivity index (χ1v) is 24.1. The summed E-state index contributed by atoms with van der Waals surface area (Å²) in [6.45, 7) is 0. The third-order valence-corrected chi connectivity index (χ3v) is 18.5. The molecule has 0 spiro atoms. The SMILES string of the molecule is c1ccc([Si](c2ccccc2)(c2cccc3c2oc2c(-c4cccc5c4oc4ccccc45)cccc23)c2cccc3c2oc2c(-c4cccc5c4oc4ccccc45)cccc23)cc1. The van der Waals surface area contributed by atoms with Crippen molar-refractivity contribution in [2.75, 3.05) is 0 Å². The van der Waals surface area contributed by atoms with Crippen molar-refractivity contribution in [2.24, 2.45) is 0 Å². The van der Waals surface area contributed by atoms with Crippen molar-refractivity contribution in [3.8, 4) is 22.3 Å². The average Bonchev–Trinajstić information content (AvgIpc) is 4.16. The summed E-state index contributed by atoms with van der Waals surface area (Å²) in [6.07, 6.45) is 0. The van der Waals surface area contributed by atoms with Crippen LogP contribution in [0.15, 0.2) is 236 Å². The Morgan fingerprint density at radius 3 is 0.908 bits per heavy atom. The summed E-state index contributed by atoms with van der Waals surface area (Å²) in [5.41, 5.74) is 10.8. The molecule has 4 nitrogen and oxygen atoms in total. The fourth-order valence-electron chi connectivity index (χ4n) is 10.9. The topological polar surface area (TPSA) is 52.6 Å². The van der Waals surface area contributed by atoms with E-state index in [2.05, 4.69) is 194 Å². The summed E-state index contributed by atoms with van der Waals surface area (Å²) in [5.74, 6) is 0. The third-order valence-electron chi connectivity index (χ3n) is 13.7. The highest BCUT2D eigenvalue weighted by atomic mass is 28.3. The lowest BCUT2D eigenvalue weighted by atomic mass is 10.00. The number of hydrogen-bond acceptors (Lipinski definition) is 4. The van der Waals surface area contributed by atoms with Crippen LogP contribution in [0.3, 0.4) is 0 Å². The predicted octanol–water partition coefficient (Wildman–Crippen LogP) is 14.0. The minimum atomic E-state index is -3.30. The Hall–Kier alpha value is -8.38. The molecule has 4 aromatic heterocycles. The maximum atomic E-state index is 7.43. The Balaban J connectivity index is 1.07. The summed E-state index contributed by atoms with van der Waals surface area (Å²) in [4.78, 5) is 0. The van der Waals surface area contributed by atoms with Crippen molar-refractivity contribution >= 4 is 117 Å². The van der Waals surface area contributed by atoms with Crippen molar-refractivity contribution in [3.05, 3.63) is 218 Å². The lowest BCUT2D eigenvalue weighted by Crippen LogP contribution is -2.75. The minimum absolute atomic E-state index is 0.832. The Labute approximate surface area is 373 Å². The molecule has 0 aliphatic carbocycles. The number of benzene rings is 10. The van der Waals surface area contributed by atoms with E-state index in [0.29, 0.717) is 0 Å². The minimum Gasteiger partial charge on any atom is -0.455 e. The fraction of sp³-hybridized carbons (Fsp3) is 0. The molecule has 304 valence electrons. The van der Waals surface area contributed by atoms with Crippen LogP contribution >= 0.6 is 0 Å². The lowest BCUT2D eigenvalue weighted by Gasteiger charge is -2.34. The molecule has 0 saturated heterocycles. The van der Waals surface area contributed by atoms with Gasteiger partial charge in [-0.2, -0.15) is 0 Å². The van der Waals surface area contributed by atoms with Crippen LogP contribution in [0, 0.1) is 0 Å². The van der Waals surface area contributed by atoms with E-state index in [-0.39, 0.29) is 0 Å². The second-order valence-electron chi connectivity index (χ2n) is 17.0. The standard InChI is InChI=1S/C60H36O4Si/c1-3-17-37(18-4-1)65(38-19-5-2-6-20-38,53-35-15-31-49-47-29-13-27-45(57(47)63-59(49)53)43-25-11-23-41-39-21-7-9-33-51(39)61-55(41)43)54-36-16-32-50-48-30-14-28-46(58(48)64-60(50)54)44-26-12-24-42-40-22-8-10-34-52(40)62-56(42)44/h1-36H. The van der Waals surface area contributed by atoms with Crippen molar-refractivity contribution in [1.29, 1.82) is 0 Å². The summed E-state index contributed by atoms with van der Waals surface area (Å²) >= 11 is 0. The van der Waals surface area contributed by atoms with Crippen LogP contribution in [0.5, 0.6) is 0 Å². The number of rotatable bonds is 6. The molecular formula is C60H36O4Si. The van der Waals surface area contributed by atoms with Gasteiger partial charge in [-0.3, -0.25) is 0 Å².